The van der Waals surface area contributed by atoms with Gasteiger partial charge in [-0.15, -0.1) is 0 Å². The number of carbonyl (C=O) groups excluding carboxylic acids is 1. The van der Waals surface area contributed by atoms with Gasteiger partial charge in [-0.05, 0) is 31.2 Å². The SMILES string of the molecule is CC(=CC(=O)Nc1ccc(Cl)cc1)C(=O)O. The molecule has 4 nitrogen and oxygen atoms in total. The van der Waals surface area contributed by atoms with Crippen LogP contribution in [-0.4, -0.2) is 17.0 Å². The highest BCUT2D eigenvalue weighted by molar-refractivity contribution is 6.30. The largest absolute Gasteiger partial charge is 0.478 e. The van der Waals surface area contributed by atoms with Crippen molar-refractivity contribution in [1.29, 1.82) is 0 Å². The van der Waals surface area contributed by atoms with Crippen LogP contribution in [0.2, 0.25) is 5.02 Å². The van der Waals surface area contributed by atoms with Crippen molar-refractivity contribution in [3.63, 3.8) is 0 Å². The minimum atomic E-state index is -1.12. The molecular weight excluding hydrogens is 230 g/mol. The molecule has 0 atom stereocenters. The van der Waals surface area contributed by atoms with E-state index in [1.807, 2.05) is 0 Å². The second-order valence-electron chi connectivity index (χ2n) is 3.13. The number of benzene rings is 1. The molecule has 1 amide bonds. The third-order valence-electron chi connectivity index (χ3n) is 1.80. The van der Waals surface area contributed by atoms with Gasteiger partial charge in [0.05, 0.1) is 0 Å². The predicted octanol–water partition coefficient (Wildman–Crippen LogP) is 2.31. The molecule has 0 aliphatic heterocycles. The van der Waals surface area contributed by atoms with Crippen molar-refractivity contribution in [3.05, 3.63) is 40.9 Å². The Morgan fingerprint density at radius 2 is 1.88 bits per heavy atom. The fourth-order valence-corrected chi connectivity index (χ4v) is 1.10. The van der Waals surface area contributed by atoms with Crippen LogP contribution in [0.3, 0.4) is 0 Å². The number of carboxylic acid groups (broad SMARTS) is 1. The van der Waals surface area contributed by atoms with Crippen LogP contribution in [0.15, 0.2) is 35.9 Å². The number of carboxylic acids is 1. The Kier molecular flexibility index (Phi) is 4.08. The van der Waals surface area contributed by atoms with Crippen molar-refractivity contribution in [2.24, 2.45) is 0 Å². The van der Waals surface area contributed by atoms with E-state index in [4.69, 9.17) is 16.7 Å². The minimum Gasteiger partial charge on any atom is -0.478 e. The number of nitrogens with one attached hydrogen (secondary N) is 1. The van der Waals surface area contributed by atoms with Gasteiger partial charge < -0.3 is 10.4 Å². The lowest BCUT2D eigenvalue weighted by molar-refractivity contribution is -0.132. The fraction of sp³-hybridized carbons (Fsp3) is 0.0909. The van der Waals surface area contributed by atoms with Crippen molar-refractivity contribution in [2.75, 3.05) is 5.32 Å². The molecule has 0 aromatic heterocycles. The Morgan fingerprint density at radius 3 is 2.38 bits per heavy atom. The Labute approximate surface area is 97.5 Å². The van der Waals surface area contributed by atoms with E-state index < -0.39 is 11.9 Å². The smallest absolute Gasteiger partial charge is 0.331 e. The Balaban J connectivity index is 2.68. The monoisotopic (exact) mass is 239 g/mol. The number of hydrogen-bond acceptors (Lipinski definition) is 2. The molecule has 0 aliphatic carbocycles. The Hall–Kier alpha value is -1.81. The predicted molar refractivity (Wildman–Crippen MR) is 61.5 cm³/mol. The lowest BCUT2D eigenvalue weighted by Gasteiger charge is -2.02. The zero-order chi connectivity index (χ0) is 12.1. The summed E-state index contributed by atoms with van der Waals surface area (Å²) < 4.78 is 0. The molecular formula is C11H10ClNO3. The van der Waals surface area contributed by atoms with Gasteiger partial charge in [-0.2, -0.15) is 0 Å². The van der Waals surface area contributed by atoms with Gasteiger partial charge in [0.25, 0.3) is 0 Å². The van der Waals surface area contributed by atoms with Crippen LogP contribution in [0.4, 0.5) is 5.69 Å². The fourth-order valence-electron chi connectivity index (χ4n) is 0.970. The standard InChI is InChI=1S/C11H10ClNO3/c1-7(11(15)16)6-10(14)13-9-4-2-8(12)3-5-9/h2-6H,1H3,(H,13,14)(H,15,16). The molecule has 2 N–H and O–H groups in total. The molecule has 84 valence electrons. The van der Waals surface area contributed by atoms with Gasteiger partial charge in [-0.1, -0.05) is 11.6 Å². The van der Waals surface area contributed by atoms with E-state index >= 15 is 0 Å². The van der Waals surface area contributed by atoms with Crippen LogP contribution in [0, 0.1) is 0 Å². The summed E-state index contributed by atoms with van der Waals surface area (Å²) >= 11 is 5.67. The van der Waals surface area contributed by atoms with Crippen LogP contribution in [0.5, 0.6) is 0 Å². The zero-order valence-electron chi connectivity index (χ0n) is 8.53. The second-order valence-corrected chi connectivity index (χ2v) is 3.57. The van der Waals surface area contributed by atoms with E-state index in [1.165, 1.54) is 6.92 Å². The third-order valence-corrected chi connectivity index (χ3v) is 2.05. The summed E-state index contributed by atoms with van der Waals surface area (Å²) in [6, 6.07) is 6.52. The molecule has 1 rings (SSSR count). The summed E-state index contributed by atoms with van der Waals surface area (Å²) in [7, 11) is 0. The first-order valence-electron chi connectivity index (χ1n) is 4.47. The van der Waals surface area contributed by atoms with E-state index in [0.717, 1.165) is 6.08 Å². The van der Waals surface area contributed by atoms with Crippen molar-refractivity contribution in [1.82, 2.24) is 0 Å². The number of aliphatic carboxylic acids is 1. The summed E-state index contributed by atoms with van der Waals surface area (Å²) in [6.45, 7) is 1.35. The van der Waals surface area contributed by atoms with Crippen LogP contribution >= 0.6 is 11.6 Å². The van der Waals surface area contributed by atoms with E-state index in [1.54, 1.807) is 24.3 Å². The molecule has 5 heteroatoms. The van der Waals surface area contributed by atoms with Crippen molar-refractivity contribution < 1.29 is 14.7 Å². The minimum absolute atomic E-state index is 0.0218. The molecule has 16 heavy (non-hydrogen) atoms. The first-order chi connectivity index (χ1) is 7.49. The molecule has 0 bridgehead atoms. The maximum atomic E-state index is 11.3. The van der Waals surface area contributed by atoms with E-state index in [2.05, 4.69) is 5.32 Å². The molecule has 0 radical (unpaired) electrons. The van der Waals surface area contributed by atoms with Gasteiger partial charge in [0.2, 0.25) is 5.91 Å². The van der Waals surface area contributed by atoms with Crippen LogP contribution < -0.4 is 5.32 Å². The molecule has 0 spiro atoms. The van der Waals surface area contributed by atoms with Gasteiger partial charge >= 0.3 is 5.97 Å². The summed E-state index contributed by atoms with van der Waals surface area (Å²) in [6.07, 6.45) is 1.02. The second kappa shape index (κ2) is 5.32. The van der Waals surface area contributed by atoms with Crippen LogP contribution in [-0.2, 0) is 9.59 Å². The first-order valence-corrected chi connectivity index (χ1v) is 4.85. The van der Waals surface area contributed by atoms with E-state index in [0.29, 0.717) is 10.7 Å². The van der Waals surface area contributed by atoms with E-state index in [9.17, 15) is 9.59 Å². The highest BCUT2D eigenvalue weighted by atomic mass is 35.5. The van der Waals surface area contributed by atoms with Crippen molar-refractivity contribution in [2.45, 2.75) is 6.92 Å². The van der Waals surface area contributed by atoms with Gasteiger partial charge in [-0.25, -0.2) is 4.79 Å². The van der Waals surface area contributed by atoms with Crippen LogP contribution in [0.25, 0.3) is 0 Å². The maximum Gasteiger partial charge on any atom is 0.331 e. The average Bonchev–Trinajstić information content (AvgIpc) is 2.21. The quantitative estimate of drug-likeness (QED) is 0.796. The molecule has 0 fully saturated rings. The number of amides is 1. The van der Waals surface area contributed by atoms with Gasteiger partial charge in [0.1, 0.15) is 0 Å². The van der Waals surface area contributed by atoms with Gasteiger partial charge in [0.15, 0.2) is 0 Å². The number of anilines is 1. The Morgan fingerprint density at radius 1 is 1.31 bits per heavy atom. The van der Waals surface area contributed by atoms with Gasteiger partial charge in [-0.3, -0.25) is 4.79 Å². The molecule has 0 aliphatic rings. The number of carbonyl (C=O) groups is 2. The maximum absolute atomic E-state index is 11.3. The van der Waals surface area contributed by atoms with Crippen molar-refractivity contribution in [3.8, 4) is 0 Å². The number of rotatable bonds is 3. The molecule has 1 aromatic carbocycles. The number of halogens is 1. The Bertz CT molecular complexity index is 437. The summed E-state index contributed by atoms with van der Waals surface area (Å²) in [5.74, 6) is -1.60. The molecule has 0 saturated heterocycles. The topological polar surface area (TPSA) is 66.4 Å². The zero-order valence-corrected chi connectivity index (χ0v) is 9.28. The summed E-state index contributed by atoms with van der Waals surface area (Å²) in [5.41, 5.74) is 0.537. The highest BCUT2D eigenvalue weighted by Crippen LogP contribution is 2.13. The molecule has 0 unspecified atom stereocenters. The van der Waals surface area contributed by atoms with Crippen LogP contribution in [0.1, 0.15) is 6.92 Å². The van der Waals surface area contributed by atoms with Crippen molar-refractivity contribution >= 4 is 29.2 Å². The first kappa shape index (κ1) is 12.3. The normalized spacial score (nSPS) is 11.0. The third kappa shape index (κ3) is 3.74. The molecule has 0 heterocycles. The van der Waals surface area contributed by atoms with E-state index in [-0.39, 0.29) is 5.57 Å². The highest BCUT2D eigenvalue weighted by Gasteiger charge is 2.04. The average molecular weight is 240 g/mol. The lowest BCUT2D eigenvalue weighted by Crippen LogP contribution is -2.10. The molecule has 0 saturated carbocycles. The lowest BCUT2D eigenvalue weighted by atomic mass is 10.2. The number of hydrogen-bond donors (Lipinski definition) is 2. The summed E-state index contributed by atoms with van der Waals surface area (Å²) in [4.78, 5) is 21.8. The summed E-state index contributed by atoms with van der Waals surface area (Å²) in [5, 5.41) is 11.7. The van der Waals surface area contributed by atoms with Gasteiger partial charge in [0, 0.05) is 22.4 Å². The molecule has 1 aromatic rings.